The maximum atomic E-state index is 6.06. The molecular formula is C9H16BN. The summed E-state index contributed by atoms with van der Waals surface area (Å²) in [7, 11) is 6.06. The van der Waals surface area contributed by atoms with Gasteiger partial charge in [-0.25, -0.2) is 0 Å². The molecule has 0 N–H and O–H groups in total. The fraction of sp³-hybridized carbons (Fsp3) is 1.00. The Kier molecular flexibility index (Phi) is 1.57. The van der Waals surface area contributed by atoms with E-state index in [-0.39, 0.29) is 0 Å². The number of hydrogen-bond donors (Lipinski definition) is 0. The Balaban J connectivity index is 2.13. The minimum atomic E-state index is 0.453. The molecule has 1 aliphatic heterocycles. The molecule has 60 valence electrons. The lowest BCUT2D eigenvalue weighted by Crippen LogP contribution is -2.38. The Hall–Kier alpha value is 0.0249. The van der Waals surface area contributed by atoms with Crippen molar-refractivity contribution in [3.63, 3.8) is 0 Å². The Morgan fingerprint density at radius 1 is 1.45 bits per heavy atom. The van der Waals surface area contributed by atoms with Crippen molar-refractivity contribution < 1.29 is 0 Å². The highest BCUT2D eigenvalue weighted by Crippen LogP contribution is 2.55. The molecule has 2 fully saturated rings. The summed E-state index contributed by atoms with van der Waals surface area (Å²) in [5.41, 5.74) is 0.453. The van der Waals surface area contributed by atoms with Gasteiger partial charge in [0.15, 0.2) is 0 Å². The van der Waals surface area contributed by atoms with Crippen LogP contribution in [0.15, 0.2) is 0 Å². The van der Waals surface area contributed by atoms with Crippen molar-refractivity contribution in [3.8, 4) is 0 Å². The van der Waals surface area contributed by atoms with Crippen molar-refractivity contribution in [1.29, 1.82) is 0 Å². The lowest BCUT2D eigenvalue weighted by Gasteiger charge is -2.30. The molecule has 0 amide bonds. The SMILES string of the molecule is [B]C1CCN(C(C)C)C12CC2. The van der Waals surface area contributed by atoms with Gasteiger partial charge in [-0.2, -0.15) is 0 Å². The Labute approximate surface area is 70.6 Å². The second-order valence-electron chi connectivity index (χ2n) is 4.29. The lowest BCUT2D eigenvalue weighted by molar-refractivity contribution is 0.187. The molecule has 1 heterocycles. The number of likely N-dealkylation sites (tertiary alicyclic amines) is 1. The zero-order chi connectivity index (χ0) is 8.06. The molecule has 2 aliphatic rings. The van der Waals surface area contributed by atoms with Crippen molar-refractivity contribution in [2.24, 2.45) is 0 Å². The van der Waals surface area contributed by atoms with Gasteiger partial charge in [-0.15, -0.1) is 0 Å². The lowest BCUT2D eigenvalue weighted by atomic mass is 9.79. The number of nitrogens with zero attached hydrogens (tertiary/aromatic N) is 1. The fourth-order valence-electron chi connectivity index (χ4n) is 2.54. The molecule has 1 saturated heterocycles. The summed E-state index contributed by atoms with van der Waals surface area (Å²) < 4.78 is 0. The van der Waals surface area contributed by atoms with Crippen molar-refractivity contribution in [2.75, 3.05) is 6.54 Å². The normalized spacial score (nSPS) is 35.4. The Morgan fingerprint density at radius 3 is 2.45 bits per heavy atom. The van der Waals surface area contributed by atoms with Crippen molar-refractivity contribution in [1.82, 2.24) is 4.90 Å². The third kappa shape index (κ3) is 0.953. The summed E-state index contributed by atoms with van der Waals surface area (Å²) in [5, 5.41) is 0. The Morgan fingerprint density at radius 2 is 2.09 bits per heavy atom. The molecule has 1 atom stereocenters. The highest BCUT2D eigenvalue weighted by Gasteiger charge is 2.55. The van der Waals surface area contributed by atoms with E-state index in [4.69, 9.17) is 7.85 Å². The predicted molar refractivity (Wildman–Crippen MR) is 47.9 cm³/mol. The van der Waals surface area contributed by atoms with E-state index in [0.29, 0.717) is 17.4 Å². The highest BCUT2D eigenvalue weighted by atomic mass is 15.3. The van der Waals surface area contributed by atoms with Crippen LogP contribution in [-0.2, 0) is 0 Å². The molecule has 11 heavy (non-hydrogen) atoms. The molecular weight excluding hydrogens is 133 g/mol. The molecule has 1 aliphatic carbocycles. The van der Waals surface area contributed by atoms with E-state index < -0.39 is 0 Å². The first kappa shape index (κ1) is 7.66. The molecule has 1 saturated carbocycles. The molecule has 0 aromatic rings. The number of rotatable bonds is 1. The van der Waals surface area contributed by atoms with Crippen LogP contribution in [0.5, 0.6) is 0 Å². The van der Waals surface area contributed by atoms with Crippen LogP contribution < -0.4 is 0 Å². The fourth-order valence-corrected chi connectivity index (χ4v) is 2.54. The molecule has 1 unspecified atom stereocenters. The topological polar surface area (TPSA) is 3.24 Å². The minimum Gasteiger partial charge on any atom is -0.296 e. The van der Waals surface area contributed by atoms with Crippen LogP contribution in [0.4, 0.5) is 0 Å². The molecule has 1 nitrogen and oxygen atoms in total. The van der Waals surface area contributed by atoms with Gasteiger partial charge in [-0.05, 0) is 39.7 Å². The summed E-state index contributed by atoms with van der Waals surface area (Å²) in [4.78, 5) is 2.59. The van der Waals surface area contributed by atoms with E-state index in [1.54, 1.807) is 0 Å². The first-order chi connectivity index (χ1) is 5.17. The van der Waals surface area contributed by atoms with Crippen LogP contribution in [0.2, 0.25) is 5.82 Å². The molecule has 0 bridgehead atoms. The quantitative estimate of drug-likeness (QED) is 0.511. The summed E-state index contributed by atoms with van der Waals surface area (Å²) >= 11 is 0. The van der Waals surface area contributed by atoms with Crippen LogP contribution in [0.25, 0.3) is 0 Å². The number of hydrogen-bond acceptors (Lipinski definition) is 1. The molecule has 1 spiro atoms. The summed E-state index contributed by atoms with van der Waals surface area (Å²) in [6, 6.07) is 0.686. The zero-order valence-corrected chi connectivity index (χ0v) is 7.51. The second-order valence-corrected chi connectivity index (χ2v) is 4.29. The summed E-state index contributed by atoms with van der Waals surface area (Å²) in [6.45, 7) is 5.77. The van der Waals surface area contributed by atoms with Crippen LogP contribution >= 0.6 is 0 Å². The van der Waals surface area contributed by atoms with Gasteiger partial charge >= 0.3 is 0 Å². The second kappa shape index (κ2) is 2.26. The monoisotopic (exact) mass is 149 g/mol. The van der Waals surface area contributed by atoms with Gasteiger partial charge in [0.2, 0.25) is 0 Å². The van der Waals surface area contributed by atoms with E-state index >= 15 is 0 Å². The van der Waals surface area contributed by atoms with Crippen molar-refractivity contribution in [2.45, 2.75) is 50.5 Å². The zero-order valence-electron chi connectivity index (χ0n) is 7.51. The van der Waals surface area contributed by atoms with E-state index in [9.17, 15) is 0 Å². The first-order valence-corrected chi connectivity index (χ1v) is 4.69. The van der Waals surface area contributed by atoms with Crippen LogP contribution in [0, 0.1) is 0 Å². The van der Waals surface area contributed by atoms with Crippen LogP contribution in [0.1, 0.15) is 33.1 Å². The molecule has 0 aromatic carbocycles. The van der Waals surface area contributed by atoms with Gasteiger partial charge in [-0.3, -0.25) is 4.90 Å². The predicted octanol–water partition coefficient (Wildman–Crippen LogP) is 1.59. The summed E-state index contributed by atoms with van der Waals surface area (Å²) in [5.74, 6) is 0.463. The first-order valence-electron chi connectivity index (χ1n) is 4.69. The van der Waals surface area contributed by atoms with Gasteiger partial charge in [-0.1, -0.05) is 5.82 Å². The van der Waals surface area contributed by atoms with Gasteiger partial charge in [0, 0.05) is 11.6 Å². The average Bonchev–Trinajstić information content (AvgIpc) is 2.61. The molecule has 2 heteroatoms. The van der Waals surface area contributed by atoms with Gasteiger partial charge in [0.1, 0.15) is 0 Å². The standard InChI is InChI=1S/C9H16BN/c1-7(2)11-6-3-8(10)9(11)4-5-9/h7-8H,3-6H2,1-2H3. The van der Waals surface area contributed by atoms with Gasteiger partial charge in [0.25, 0.3) is 0 Å². The third-order valence-electron chi connectivity index (χ3n) is 3.33. The third-order valence-corrected chi connectivity index (χ3v) is 3.33. The van der Waals surface area contributed by atoms with Gasteiger partial charge < -0.3 is 0 Å². The maximum absolute atomic E-state index is 6.06. The van der Waals surface area contributed by atoms with E-state index in [0.717, 1.165) is 0 Å². The van der Waals surface area contributed by atoms with E-state index in [2.05, 4.69) is 18.7 Å². The molecule has 2 rings (SSSR count). The molecule has 0 aromatic heterocycles. The van der Waals surface area contributed by atoms with Gasteiger partial charge in [0.05, 0.1) is 7.85 Å². The Bertz CT molecular complexity index is 163. The smallest absolute Gasteiger partial charge is 0.0725 e. The molecule has 2 radical (unpaired) electrons. The van der Waals surface area contributed by atoms with Crippen molar-refractivity contribution >= 4 is 7.85 Å². The van der Waals surface area contributed by atoms with E-state index in [1.165, 1.54) is 25.8 Å². The minimum absolute atomic E-state index is 0.453. The van der Waals surface area contributed by atoms with Crippen molar-refractivity contribution in [3.05, 3.63) is 0 Å². The largest absolute Gasteiger partial charge is 0.296 e. The average molecular weight is 149 g/mol. The van der Waals surface area contributed by atoms with Crippen LogP contribution in [-0.4, -0.2) is 30.9 Å². The maximum Gasteiger partial charge on any atom is 0.0725 e. The van der Waals surface area contributed by atoms with E-state index in [1.807, 2.05) is 0 Å². The van der Waals surface area contributed by atoms with Crippen LogP contribution in [0.3, 0.4) is 0 Å². The highest BCUT2D eigenvalue weighted by molar-refractivity contribution is 6.13. The summed E-state index contributed by atoms with van der Waals surface area (Å²) in [6.07, 6.45) is 3.89.